The minimum absolute atomic E-state index is 0.256. The molecule has 0 radical (unpaired) electrons. The zero-order valence-corrected chi connectivity index (χ0v) is 18.0. The van der Waals surface area contributed by atoms with Crippen LogP contribution in [0, 0.1) is 5.92 Å². The van der Waals surface area contributed by atoms with Crippen molar-refractivity contribution < 1.29 is 8.42 Å². The zero-order chi connectivity index (χ0) is 20.1. The molecule has 0 bridgehead atoms. The van der Waals surface area contributed by atoms with E-state index in [1.165, 1.54) is 24.0 Å². The molecule has 0 atom stereocenters. The number of nitrogens with one attached hydrogen (secondary N) is 1. The highest BCUT2D eigenvalue weighted by Crippen LogP contribution is 2.23. The lowest BCUT2D eigenvalue weighted by Gasteiger charge is -2.34. The van der Waals surface area contributed by atoms with Crippen molar-refractivity contribution in [3.63, 3.8) is 0 Å². The molecule has 0 aliphatic carbocycles. The lowest BCUT2D eigenvalue weighted by Crippen LogP contribution is -2.41. The molecule has 0 unspecified atom stereocenters. The van der Waals surface area contributed by atoms with Crippen molar-refractivity contribution in [2.45, 2.75) is 24.2 Å². The van der Waals surface area contributed by atoms with Crippen LogP contribution in [0.4, 0.5) is 5.69 Å². The molecule has 1 heterocycles. The van der Waals surface area contributed by atoms with Gasteiger partial charge in [0.1, 0.15) is 0 Å². The first-order chi connectivity index (χ1) is 13.4. The molecule has 2 aromatic rings. The molecular weight excluding hydrogens is 390 g/mol. The summed E-state index contributed by atoms with van der Waals surface area (Å²) in [7, 11) is -0.406. The quantitative estimate of drug-likeness (QED) is 0.754. The van der Waals surface area contributed by atoms with Crippen molar-refractivity contribution in [3.05, 3.63) is 60.2 Å². The third kappa shape index (κ3) is 5.10. The van der Waals surface area contributed by atoms with Crippen molar-refractivity contribution >= 4 is 33.0 Å². The van der Waals surface area contributed by atoms with E-state index in [0.29, 0.717) is 16.7 Å². The first-order valence-electron chi connectivity index (χ1n) is 9.48. The smallest absolute Gasteiger partial charge is 0.242 e. The van der Waals surface area contributed by atoms with Gasteiger partial charge in [-0.15, -0.1) is 0 Å². The van der Waals surface area contributed by atoms with Crippen molar-refractivity contribution in [2.24, 2.45) is 5.92 Å². The van der Waals surface area contributed by atoms with E-state index in [4.69, 9.17) is 12.2 Å². The molecule has 0 amide bonds. The Hall–Kier alpha value is -1.96. The van der Waals surface area contributed by atoms with Crippen LogP contribution in [0.15, 0.2) is 59.5 Å². The molecule has 0 saturated carbocycles. The molecule has 1 saturated heterocycles. The maximum absolute atomic E-state index is 12.3. The van der Waals surface area contributed by atoms with Gasteiger partial charge in [-0.1, -0.05) is 36.4 Å². The van der Waals surface area contributed by atoms with Gasteiger partial charge in [-0.2, -0.15) is 0 Å². The largest absolute Gasteiger partial charge is 0.349 e. The van der Waals surface area contributed by atoms with Crippen molar-refractivity contribution in [2.75, 3.05) is 32.5 Å². The van der Waals surface area contributed by atoms with E-state index >= 15 is 0 Å². The second-order valence-corrected chi connectivity index (χ2v) is 9.90. The van der Waals surface area contributed by atoms with Crippen LogP contribution in [0.3, 0.4) is 0 Å². The van der Waals surface area contributed by atoms with Gasteiger partial charge in [0.2, 0.25) is 10.0 Å². The Balaban J connectivity index is 1.56. The van der Waals surface area contributed by atoms with Gasteiger partial charge in [-0.25, -0.2) is 12.7 Å². The molecular formula is C21H27N3O2S2. The summed E-state index contributed by atoms with van der Waals surface area (Å²) >= 11 is 5.57. The summed E-state index contributed by atoms with van der Waals surface area (Å²) in [5.41, 5.74) is 2.08. The maximum Gasteiger partial charge on any atom is 0.242 e. The van der Waals surface area contributed by atoms with E-state index in [0.717, 1.165) is 32.4 Å². The molecule has 5 nitrogen and oxygen atoms in total. The Kier molecular flexibility index (Phi) is 6.69. The van der Waals surface area contributed by atoms with E-state index in [-0.39, 0.29) is 4.90 Å². The van der Waals surface area contributed by atoms with Gasteiger partial charge < -0.3 is 10.2 Å². The minimum atomic E-state index is -3.46. The first-order valence-corrected chi connectivity index (χ1v) is 11.3. The van der Waals surface area contributed by atoms with Crippen molar-refractivity contribution in [1.82, 2.24) is 9.21 Å². The van der Waals surface area contributed by atoms with E-state index in [9.17, 15) is 8.42 Å². The molecule has 1 aliphatic heterocycles. The zero-order valence-electron chi connectivity index (χ0n) is 16.3. The molecule has 0 spiro atoms. The molecule has 28 heavy (non-hydrogen) atoms. The molecule has 2 aromatic carbocycles. The Morgan fingerprint density at radius 1 is 1.11 bits per heavy atom. The van der Waals surface area contributed by atoms with Gasteiger partial charge in [0, 0.05) is 32.9 Å². The summed E-state index contributed by atoms with van der Waals surface area (Å²) in [6.45, 7) is 1.83. The monoisotopic (exact) mass is 417 g/mol. The average molecular weight is 418 g/mol. The number of rotatable bonds is 5. The molecule has 150 valence electrons. The topological polar surface area (TPSA) is 52.7 Å². The van der Waals surface area contributed by atoms with Crippen LogP contribution in [0.25, 0.3) is 0 Å². The second-order valence-electron chi connectivity index (χ2n) is 7.37. The fraction of sp³-hybridized carbons (Fsp3) is 0.381. The lowest BCUT2D eigenvalue weighted by molar-refractivity contribution is 0.268. The number of piperidine rings is 1. The van der Waals surface area contributed by atoms with Crippen LogP contribution in [-0.4, -0.2) is 49.9 Å². The highest BCUT2D eigenvalue weighted by Gasteiger charge is 2.22. The molecule has 1 fully saturated rings. The molecule has 7 heteroatoms. The number of hydrogen-bond donors (Lipinski definition) is 1. The average Bonchev–Trinajstić information content (AvgIpc) is 2.69. The number of benzene rings is 2. The van der Waals surface area contributed by atoms with Gasteiger partial charge in [0.05, 0.1) is 4.90 Å². The predicted octanol–water partition coefficient (Wildman–Crippen LogP) is 3.59. The first kappa shape index (κ1) is 20.8. The molecule has 1 aliphatic rings. The Morgan fingerprint density at radius 3 is 2.43 bits per heavy atom. The minimum Gasteiger partial charge on any atom is -0.349 e. The predicted molar refractivity (Wildman–Crippen MR) is 118 cm³/mol. The SMILES string of the molecule is CN(C)S(=O)(=O)c1cccc(NC(=S)N2CCC(Cc3ccccc3)CC2)c1. The van der Waals surface area contributed by atoms with Crippen LogP contribution in [0.1, 0.15) is 18.4 Å². The number of hydrogen-bond acceptors (Lipinski definition) is 3. The lowest BCUT2D eigenvalue weighted by atomic mass is 9.90. The summed E-state index contributed by atoms with van der Waals surface area (Å²) < 4.78 is 25.8. The van der Waals surface area contributed by atoms with Gasteiger partial charge >= 0.3 is 0 Å². The number of nitrogens with zero attached hydrogens (tertiary/aromatic N) is 2. The van der Waals surface area contributed by atoms with Gasteiger partial charge in [0.25, 0.3) is 0 Å². The number of anilines is 1. The van der Waals surface area contributed by atoms with Crippen LogP contribution >= 0.6 is 12.2 Å². The van der Waals surface area contributed by atoms with Crippen molar-refractivity contribution in [3.8, 4) is 0 Å². The molecule has 1 N–H and O–H groups in total. The number of thiocarbonyl (C=S) groups is 1. The van der Waals surface area contributed by atoms with E-state index < -0.39 is 10.0 Å². The Bertz CT molecular complexity index is 906. The van der Waals surface area contributed by atoms with E-state index in [1.807, 2.05) is 6.07 Å². The fourth-order valence-corrected chi connectivity index (χ4v) is 4.68. The van der Waals surface area contributed by atoms with Gasteiger partial charge in [-0.3, -0.25) is 0 Å². The second kappa shape index (κ2) is 9.03. The summed E-state index contributed by atoms with van der Waals surface area (Å²) in [5, 5.41) is 3.85. The summed E-state index contributed by atoms with van der Waals surface area (Å²) in [4.78, 5) is 2.43. The molecule has 3 rings (SSSR count). The third-order valence-electron chi connectivity index (χ3n) is 5.13. The normalized spacial score (nSPS) is 15.6. The van der Waals surface area contributed by atoms with Crippen LogP contribution in [0.5, 0.6) is 0 Å². The summed E-state index contributed by atoms with van der Waals surface area (Å²) in [6.07, 6.45) is 3.32. The van der Waals surface area contributed by atoms with E-state index in [2.05, 4.69) is 40.5 Å². The summed E-state index contributed by atoms with van der Waals surface area (Å²) in [6, 6.07) is 17.4. The highest BCUT2D eigenvalue weighted by molar-refractivity contribution is 7.89. The van der Waals surface area contributed by atoms with Crippen LogP contribution in [0.2, 0.25) is 0 Å². The standard InChI is InChI=1S/C21H27N3O2S2/c1-23(2)28(25,26)20-10-6-9-19(16-20)22-21(27)24-13-11-18(12-14-24)15-17-7-4-3-5-8-17/h3-10,16,18H,11-15H2,1-2H3,(H,22,27). The Labute approximate surface area is 173 Å². The Morgan fingerprint density at radius 2 is 1.79 bits per heavy atom. The number of sulfonamides is 1. The number of likely N-dealkylation sites (tertiary alicyclic amines) is 1. The van der Waals surface area contributed by atoms with Crippen LogP contribution < -0.4 is 5.32 Å². The van der Waals surface area contributed by atoms with Crippen LogP contribution in [-0.2, 0) is 16.4 Å². The molecule has 0 aromatic heterocycles. The van der Waals surface area contributed by atoms with E-state index in [1.54, 1.807) is 18.2 Å². The third-order valence-corrected chi connectivity index (χ3v) is 7.30. The van der Waals surface area contributed by atoms with Gasteiger partial charge in [-0.05, 0) is 61.2 Å². The van der Waals surface area contributed by atoms with Crippen molar-refractivity contribution in [1.29, 1.82) is 0 Å². The highest BCUT2D eigenvalue weighted by atomic mass is 32.2. The fourth-order valence-electron chi connectivity index (χ4n) is 3.44. The summed E-state index contributed by atoms with van der Waals surface area (Å²) in [5.74, 6) is 0.676. The maximum atomic E-state index is 12.3. The van der Waals surface area contributed by atoms with Gasteiger partial charge in [0.15, 0.2) is 5.11 Å².